The van der Waals surface area contributed by atoms with E-state index in [1.807, 2.05) is 43.3 Å². The molecule has 0 unspecified atom stereocenters. The molecule has 0 aliphatic heterocycles. The molecule has 1 aromatic carbocycles. The average molecular weight is 485 g/mol. The van der Waals surface area contributed by atoms with E-state index in [2.05, 4.69) is 39.9 Å². The third-order valence-corrected chi connectivity index (χ3v) is 3.66. The second kappa shape index (κ2) is 12.3. The molecule has 0 saturated heterocycles. The van der Waals surface area contributed by atoms with E-state index in [9.17, 15) is 4.79 Å². The standard InChI is InChI=1S/C19H27N5O2.HI/c1-4-20-19(22-12-16-10-17(14(2)3)24-26-16)23-13-18(25)21-11-15-8-6-5-7-9-15;/h5-10,14H,4,11-13H2,1-3H3,(H,21,25)(H2,20,22,23);1H. The minimum absolute atomic E-state index is 0. The summed E-state index contributed by atoms with van der Waals surface area (Å²) in [6, 6.07) is 11.7. The van der Waals surface area contributed by atoms with Gasteiger partial charge in [0.1, 0.15) is 6.54 Å². The van der Waals surface area contributed by atoms with Crippen molar-refractivity contribution in [1.82, 2.24) is 21.1 Å². The van der Waals surface area contributed by atoms with Gasteiger partial charge in [0.2, 0.25) is 5.91 Å². The minimum Gasteiger partial charge on any atom is -0.359 e. The van der Waals surface area contributed by atoms with Crippen molar-refractivity contribution in [2.24, 2.45) is 4.99 Å². The third kappa shape index (κ3) is 8.42. The number of halogens is 1. The number of rotatable bonds is 8. The van der Waals surface area contributed by atoms with E-state index in [1.54, 1.807) is 0 Å². The zero-order valence-electron chi connectivity index (χ0n) is 16.0. The topological polar surface area (TPSA) is 91.5 Å². The molecule has 0 spiro atoms. The number of aliphatic imine (C=N–C) groups is 1. The summed E-state index contributed by atoms with van der Waals surface area (Å²) in [4.78, 5) is 16.3. The molecule has 148 valence electrons. The first-order chi connectivity index (χ1) is 12.6. The van der Waals surface area contributed by atoms with Crippen LogP contribution in [0.15, 0.2) is 45.9 Å². The first kappa shape index (κ1) is 22.9. The number of amides is 1. The van der Waals surface area contributed by atoms with Crippen LogP contribution in [0.1, 0.15) is 43.7 Å². The molecule has 27 heavy (non-hydrogen) atoms. The molecule has 0 radical (unpaired) electrons. The summed E-state index contributed by atoms with van der Waals surface area (Å²) in [6.07, 6.45) is 0. The van der Waals surface area contributed by atoms with Crippen LogP contribution in [0.2, 0.25) is 0 Å². The predicted molar refractivity (Wildman–Crippen MR) is 117 cm³/mol. The lowest BCUT2D eigenvalue weighted by molar-refractivity contribution is -0.119. The molecule has 2 rings (SSSR count). The van der Waals surface area contributed by atoms with Crippen LogP contribution in [-0.2, 0) is 17.9 Å². The number of benzene rings is 1. The van der Waals surface area contributed by atoms with Crippen molar-refractivity contribution in [3.63, 3.8) is 0 Å². The molecule has 7 nitrogen and oxygen atoms in total. The van der Waals surface area contributed by atoms with Gasteiger partial charge in [-0.2, -0.15) is 0 Å². The number of nitrogens with one attached hydrogen (secondary N) is 3. The molecule has 0 aliphatic rings. The third-order valence-electron chi connectivity index (χ3n) is 3.66. The fraction of sp³-hybridized carbons (Fsp3) is 0.421. The van der Waals surface area contributed by atoms with Gasteiger partial charge in [0, 0.05) is 19.2 Å². The lowest BCUT2D eigenvalue weighted by Gasteiger charge is -2.10. The summed E-state index contributed by atoms with van der Waals surface area (Å²) in [5.74, 6) is 1.48. The molecule has 0 saturated carbocycles. The number of hydrogen-bond acceptors (Lipinski definition) is 4. The van der Waals surface area contributed by atoms with Crippen molar-refractivity contribution in [2.75, 3.05) is 13.1 Å². The molecular weight excluding hydrogens is 457 g/mol. The number of guanidine groups is 1. The van der Waals surface area contributed by atoms with E-state index >= 15 is 0 Å². The Balaban J connectivity index is 0.00000364. The fourth-order valence-corrected chi connectivity index (χ4v) is 2.20. The van der Waals surface area contributed by atoms with Gasteiger partial charge in [-0.25, -0.2) is 4.99 Å². The number of nitrogens with zero attached hydrogens (tertiary/aromatic N) is 2. The maximum absolute atomic E-state index is 12.0. The molecule has 8 heteroatoms. The van der Waals surface area contributed by atoms with E-state index in [0.29, 0.717) is 31.5 Å². The molecule has 0 aliphatic carbocycles. The predicted octanol–water partition coefficient (Wildman–Crippen LogP) is 2.79. The Morgan fingerprint density at radius 2 is 1.89 bits per heavy atom. The number of carbonyl (C=O) groups is 1. The summed E-state index contributed by atoms with van der Waals surface area (Å²) < 4.78 is 5.29. The van der Waals surface area contributed by atoms with E-state index in [-0.39, 0.29) is 36.4 Å². The Bertz CT molecular complexity index is 716. The van der Waals surface area contributed by atoms with Crippen LogP contribution in [0.3, 0.4) is 0 Å². The van der Waals surface area contributed by atoms with Crippen LogP contribution in [0.4, 0.5) is 0 Å². The van der Waals surface area contributed by atoms with Gasteiger partial charge in [0.15, 0.2) is 11.7 Å². The largest absolute Gasteiger partial charge is 0.359 e. The summed E-state index contributed by atoms with van der Waals surface area (Å²) >= 11 is 0. The first-order valence-electron chi connectivity index (χ1n) is 8.86. The monoisotopic (exact) mass is 485 g/mol. The van der Waals surface area contributed by atoms with E-state index in [0.717, 1.165) is 17.0 Å². The Morgan fingerprint density at radius 1 is 1.15 bits per heavy atom. The maximum Gasteiger partial charge on any atom is 0.242 e. The lowest BCUT2D eigenvalue weighted by atomic mass is 10.1. The highest BCUT2D eigenvalue weighted by atomic mass is 127. The quantitative estimate of drug-likeness (QED) is 0.304. The lowest BCUT2D eigenvalue weighted by Crippen LogP contribution is -2.38. The van der Waals surface area contributed by atoms with Crippen molar-refractivity contribution < 1.29 is 9.32 Å². The molecule has 1 amide bonds. The molecule has 2 aromatic rings. The second-order valence-corrected chi connectivity index (χ2v) is 6.18. The van der Waals surface area contributed by atoms with Gasteiger partial charge in [-0.05, 0) is 18.4 Å². The Hall–Kier alpha value is -2.10. The van der Waals surface area contributed by atoms with Crippen molar-refractivity contribution >= 4 is 35.8 Å². The van der Waals surface area contributed by atoms with Crippen LogP contribution in [0.25, 0.3) is 0 Å². The highest BCUT2D eigenvalue weighted by Crippen LogP contribution is 2.13. The van der Waals surface area contributed by atoms with Gasteiger partial charge in [-0.3, -0.25) is 4.79 Å². The van der Waals surface area contributed by atoms with Crippen LogP contribution >= 0.6 is 24.0 Å². The molecule has 3 N–H and O–H groups in total. The highest BCUT2D eigenvalue weighted by molar-refractivity contribution is 14.0. The SMILES string of the molecule is CCNC(=NCC(=O)NCc1ccccc1)NCc1cc(C(C)C)no1.I. The van der Waals surface area contributed by atoms with Gasteiger partial charge in [-0.1, -0.05) is 49.3 Å². The molecule has 1 aromatic heterocycles. The average Bonchev–Trinajstić information content (AvgIpc) is 3.12. The highest BCUT2D eigenvalue weighted by Gasteiger charge is 2.08. The van der Waals surface area contributed by atoms with Gasteiger partial charge in [0.05, 0.1) is 12.2 Å². The van der Waals surface area contributed by atoms with Crippen LogP contribution in [0.5, 0.6) is 0 Å². The van der Waals surface area contributed by atoms with Crippen LogP contribution in [0, 0.1) is 0 Å². The maximum atomic E-state index is 12.0. The Kier molecular flexibility index (Phi) is 10.5. The Labute approximate surface area is 177 Å². The van der Waals surface area contributed by atoms with Crippen molar-refractivity contribution in [1.29, 1.82) is 0 Å². The van der Waals surface area contributed by atoms with Gasteiger partial charge >= 0.3 is 0 Å². The van der Waals surface area contributed by atoms with Crippen molar-refractivity contribution in [2.45, 2.75) is 39.8 Å². The first-order valence-corrected chi connectivity index (χ1v) is 8.86. The minimum atomic E-state index is -0.132. The number of carbonyl (C=O) groups excluding carboxylic acids is 1. The smallest absolute Gasteiger partial charge is 0.242 e. The van der Waals surface area contributed by atoms with Gasteiger partial charge in [0.25, 0.3) is 0 Å². The normalized spacial score (nSPS) is 11.0. The van der Waals surface area contributed by atoms with Crippen LogP contribution in [-0.4, -0.2) is 30.1 Å². The van der Waals surface area contributed by atoms with Gasteiger partial charge in [-0.15, -0.1) is 24.0 Å². The fourth-order valence-electron chi connectivity index (χ4n) is 2.20. The van der Waals surface area contributed by atoms with Gasteiger partial charge < -0.3 is 20.5 Å². The molecule has 1 heterocycles. The summed E-state index contributed by atoms with van der Waals surface area (Å²) in [6.45, 7) is 7.80. The van der Waals surface area contributed by atoms with E-state index in [4.69, 9.17) is 4.52 Å². The molecule has 0 atom stereocenters. The summed E-state index contributed by atoms with van der Waals surface area (Å²) in [5, 5.41) is 13.1. The van der Waals surface area contributed by atoms with E-state index < -0.39 is 0 Å². The molecule has 0 bridgehead atoms. The summed E-state index contributed by atoms with van der Waals surface area (Å²) in [5.41, 5.74) is 1.98. The Morgan fingerprint density at radius 3 is 2.52 bits per heavy atom. The van der Waals surface area contributed by atoms with Crippen molar-refractivity contribution in [3.8, 4) is 0 Å². The zero-order chi connectivity index (χ0) is 18.8. The van der Waals surface area contributed by atoms with Crippen LogP contribution < -0.4 is 16.0 Å². The number of aromatic nitrogens is 1. The van der Waals surface area contributed by atoms with Crippen molar-refractivity contribution in [3.05, 3.63) is 53.4 Å². The number of hydrogen-bond donors (Lipinski definition) is 3. The zero-order valence-corrected chi connectivity index (χ0v) is 18.3. The van der Waals surface area contributed by atoms with E-state index in [1.165, 1.54) is 0 Å². The summed E-state index contributed by atoms with van der Waals surface area (Å²) in [7, 11) is 0. The molecule has 0 fully saturated rings. The molecular formula is C19H28IN5O2. The second-order valence-electron chi connectivity index (χ2n) is 6.18.